The number of amides is 2. The number of halogens is 1. The normalized spacial score (nSPS) is 10.4. The Kier molecular flexibility index (Phi) is 6.91. The molecule has 2 amide bonds. The molecule has 0 aliphatic rings. The first-order chi connectivity index (χ1) is 14.0. The number of hydrogen-bond acceptors (Lipinski definition) is 5. The highest BCUT2D eigenvalue weighted by Crippen LogP contribution is 2.17. The highest BCUT2D eigenvalue weighted by molar-refractivity contribution is 7.14. The Hall–Kier alpha value is -3.26. The quantitative estimate of drug-likeness (QED) is 0.612. The van der Waals surface area contributed by atoms with E-state index in [9.17, 15) is 14.0 Å². The lowest BCUT2D eigenvalue weighted by molar-refractivity contribution is -0.129. The van der Waals surface area contributed by atoms with Gasteiger partial charge in [-0.3, -0.25) is 14.9 Å². The summed E-state index contributed by atoms with van der Waals surface area (Å²) in [7, 11) is 1.68. The van der Waals surface area contributed by atoms with E-state index in [0.29, 0.717) is 35.3 Å². The zero-order chi connectivity index (χ0) is 20.6. The van der Waals surface area contributed by atoms with Gasteiger partial charge in [0, 0.05) is 18.0 Å². The van der Waals surface area contributed by atoms with Crippen molar-refractivity contribution < 1.29 is 18.7 Å². The van der Waals surface area contributed by atoms with E-state index in [1.807, 2.05) is 6.07 Å². The molecule has 29 heavy (non-hydrogen) atoms. The lowest BCUT2D eigenvalue weighted by Crippen LogP contribution is -2.32. The van der Waals surface area contributed by atoms with E-state index in [1.165, 1.54) is 35.6 Å². The van der Waals surface area contributed by atoms with E-state index >= 15 is 0 Å². The first-order valence-electron chi connectivity index (χ1n) is 8.94. The molecule has 3 rings (SSSR count). The molecule has 0 unspecified atom stereocenters. The van der Waals surface area contributed by atoms with Crippen molar-refractivity contribution in [3.63, 3.8) is 0 Å². The zero-order valence-corrected chi connectivity index (χ0v) is 16.6. The van der Waals surface area contributed by atoms with Crippen LogP contribution in [0.5, 0.6) is 5.75 Å². The summed E-state index contributed by atoms with van der Waals surface area (Å²) in [5, 5.41) is 4.93. The van der Waals surface area contributed by atoms with E-state index in [2.05, 4.69) is 10.3 Å². The Morgan fingerprint density at radius 1 is 1.14 bits per heavy atom. The molecule has 0 fully saturated rings. The van der Waals surface area contributed by atoms with Gasteiger partial charge in [0.15, 0.2) is 5.13 Å². The number of thiazole rings is 1. The van der Waals surface area contributed by atoms with Gasteiger partial charge in [-0.1, -0.05) is 18.2 Å². The largest absolute Gasteiger partial charge is 0.492 e. The molecule has 6 nitrogen and oxygen atoms in total. The molecule has 0 aliphatic carbocycles. The van der Waals surface area contributed by atoms with Gasteiger partial charge in [-0.05, 0) is 36.4 Å². The lowest BCUT2D eigenvalue weighted by atomic mass is 10.2. The van der Waals surface area contributed by atoms with E-state index < -0.39 is 0 Å². The number of benzene rings is 2. The molecule has 0 bridgehead atoms. The number of nitrogens with zero attached hydrogens (tertiary/aromatic N) is 2. The summed E-state index contributed by atoms with van der Waals surface area (Å²) < 4.78 is 18.4. The first kappa shape index (κ1) is 20.5. The maximum Gasteiger partial charge on any atom is 0.257 e. The minimum absolute atomic E-state index is 0.112. The van der Waals surface area contributed by atoms with Crippen LogP contribution < -0.4 is 10.1 Å². The molecule has 0 radical (unpaired) electrons. The second kappa shape index (κ2) is 9.79. The maximum atomic E-state index is 12.9. The average molecular weight is 413 g/mol. The Bertz CT molecular complexity index is 961. The van der Waals surface area contributed by atoms with Crippen molar-refractivity contribution in [1.82, 2.24) is 9.88 Å². The summed E-state index contributed by atoms with van der Waals surface area (Å²) in [6.45, 7) is 0.682. The van der Waals surface area contributed by atoms with Crippen molar-refractivity contribution in [3.8, 4) is 5.75 Å². The smallest absolute Gasteiger partial charge is 0.257 e. The summed E-state index contributed by atoms with van der Waals surface area (Å²) in [4.78, 5) is 30.4. The Morgan fingerprint density at radius 3 is 2.59 bits per heavy atom. The Labute approximate surface area is 172 Å². The number of nitrogens with one attached hydrogen (secondary N) is 1. The van der Waals surface area contributed by atoms with Gasteiger partial charge in [-0.25, -0.2) is 9.37 Å². The van der Waals surface area contributed by atoms with Crippen LogP contribution >= 0.6 is 11.3 Å². The molecule has 0 aliphatic heterocycles. The third-order valence-corrected chi connectivity index (χ3v) is 4.88. The third kappa shape index (κ3) is 6.11. The number of rotatable bonds is 8. The van der Waals surface area contributed by atoms with Crippen molar-refractivity contribution in [3.05, 3.63) is 77.1 Å². The monoisotopic (exact) mass is 413 g/mol. The van der Waals surface area contributed by atoms with Crippen LogP contribution in [0.15, 0.2) is 60.0 Å². The molecule has 8 heteroatoms. The van der Waals surface area contributed by atoms with Crippen LogP contribution in [0, 0.1) is 5.82 Å². The van der Waals surface area contributed by atoms with Gasteiger partial charge in [-0.2, -0.15) is 0 Å². The molecule has 0 spiro atoms. The highest BCUT2D eigenvalue weighted by Gasteiger charge is 2.14. The van der Waals surface area contributed by atoms with Crippen LogP contribution in [0.3, 0.4) is 0 Å². The fourth-order valence-corrected chi connectivity index (χ4v) is 3.16. The molecule has 0 saturated heterocycles. The summed E-state index contributed by atoms with van der Waals surface area (Å²) in [5.41, 5.74) is 1.14. The number of carbonyl (C=O) groups excluding carboxylic acids is 2. The number of aromatic nitrogens is 1. The van der Waals surface area contributed by atoms with E-state index in [4.69, 9.17) is 4.74 Å². The molecular weight excluding hydrogens is 393 g/mol. The minimum atomic E-state index is -0.327. The summed E-state index contributed by atoms with van der Waals surface area (Å²) in [6, 6.07) is 14.6. The van der Waals surface area contributed by atoms with Crippen molar-refractivity contribution >= 4 is 28.3 Å². The average Bonchev–Trinajstić information content (AvgIpc) is 3.16. The van der Waals surface area contributed by atoms with Gasteiger partial charge in [0.2, 0.25) is 5.91 Å². The van der Waals surface area contributed by atoms with Crippen LogP contribution in [-0.4, -0.2) is 41.9 Å². The van der Waals surface area contributed by atoms with Crippen molar-refractivity contribution in [2.24, 2.45) is 0 Å². The van der Waals surface area contributed by atoms with E-state index in [0.717, 1.165) is 0 Å². The summed E-state index contributed by atoms with van der Waals surface area (Å²) in [6.07, 6.45) is 0.130. The number of ether oxygens (including phenoxy) is 1. The van der Waals surface area contributed by atoms with Crippen molar-refractivity contribution in [2.75, 3.05) is 25.5 Å². The Balaban J connectivity index is 1.45. The number of likely N-dealkylation sites (N-methyl/N-ethyl adjacent to an activating group) is 1. The predicted molar refractivity (Wildman–Crippen MR) is 110 cm³/mol. The van der Waals surface area contributed by atoms with Crippen LogP contribution in [0.1, 0.15) is 16.1 Å². The van der Waals surface area contributed by atoms with Crippen molar-refractivity contribution in [1.29, 1.82) is 0 Å². The van der Waals surface area contributed by atoms with Gasteiger partial charge in [0.25, 0.3) is 5.91 Å². The molecule has 2 aromatic carbocycles. The van der Waals surface area contributed by atoms with Gasteiger partial charge >= 0.3 is 0 Å². The Morgan fingerprint density at radius 2 is 1.86 bits per heavy atom. The van der Waals surface area contributed by atoms with E-state index in [-0.39, 0.29) is 24.1 Å². The molecule has 3 aromatic rings. The standard InChI is InChI=1S/C21H20FN3O3S/c1-25(11-12-28-18-9-7-16(22)8-10-18)19(26)13-17-14-29-21(23-17)24-20(27)15-5-3-2-4-6-15/h2-10,14H,11-13H2,1H3,(H,23,24,27). The fourth-order valence-electron chi connectivity index (χ4n) is 2.45. The van der Waals surface area contributed by atoms with Crippen LogP contribution in [0.2, 0.25) is 0 Å². The second-order valence-corrected chi connectivity index (χ2v) is 7.12. The minimum Gasteiger partial charge on any atom is -0.492 e. The third-order valence-electron chi connectivity index (χ3n) is 4.08. The van der Waals surface area contributed by atoms with Gasteiger partial charge in [-0.15, -0.1) is 11.3 Å². The zero-order valence-electron chi connectivity index (χ0n) is 15.8. The van der Waals surface area contributed by atoms with Crippen LogP contribution in [0.25, 0.3) is 0 Å². The number of carbonyl (C=O) groups is 2. The van der Waals surface area contributed by atoms with Crippen LogP contribution in [-0.2, 0) is 11.2 Å². The summed E-state index contributed by atoms with van der Waals surface area (Å²) >= 11 is 1.27. The maximum absolute atomic E-state index is 12.9. The van der Waals surface area contributed by atoms with Gasteiger partial charge in [0.1, 0.15) is 18.2 Å². The first-order valence-corrected chi connectivity index (χ1v) is 9.82. The predicted octanol–water partition coefficient (Wildman–Crippen LogP) is 3.61. The summed E-state index contributed by atoms with van der Waals surface area (Å²) in [5.74, 6) is -0.135. The fraction of sp³-hybridized carbons (Fsp3) is 0.190. The van der Waals surface area contributed by atoms with Gasteiger partial charge < -0.3 is 9.64 Å². The molecule has 0 saturated carbocycles. The van der Waals surface area contributed by atoms with Gasteiger partial charge in [0.05, 0.1) is 18.7 Å². The van der Waals surface area contributed by atoms with E-state index in [1.54, 1.807) is 41.6 Å². The molecule has 1 N–H and O–H groups in total. The number of hydrogen-bond donors (Lipinski definition) is 1. The highest BCUT2D eigenvalue weighted by atomic mass is 32.1. The molecule has 150 valence electrons. The molecule has 1 heterocycles. The topological polar surface area (TPSA) is 71.5 Å². The van der Waals surface area contributed by atoms with Crippen molar-refractivity contribution in [2.45, 2.75) is 6.42 Å². The molecule has 1 aromatic heterocycles. The van der Waals surface area contributed by atoms with Crippen LogP contribution in [0.4, 0.5) is 9.52 Å². The molecular formula is C21H20FN3O3S. The number of anilines is 1. The molecule has 0 atom stereocenters. The lowest BCUT2D eigenvalue weighted by Gasteiger charge is -2.17. The SMILES string of the molecule is CN(CCOc1ccc(F)cc1)C(=O)Cc1csc(NC(=O)c2ccccc2)n1. The second-order valence-electron chi connectivity index (χ2n) is 6.26.